The minimum atomic E-state index is -0.546. The number of alkyl carbamates (subject to hydrolysis) is 1. The molecule has 138 valence electrons. The zero-order chi connectivity index (χ0) is 18.6. The van der Waals surface area contributed by atoms with Crippen LogP contribution in [0.15, 0.2) is 18.3 Å². The van der Waals surface area contributed by atoms with Crippen LogP contribution in [0.3, 0.4) is 0 Å². The van der Waals surface area contributed by atoms with Crippen molar-refractivity contribution in [2.45, 2.75) is 46.3 Å². The average Bonchev–Trinajstić information content (AvgIpc) is 2.86. The fourth-order valence-electron chi connectivity index (χ4n) is 2.70. The first-order valence-corrected chi connectivity index (χ1v) is 8.57. The van der Waals surface area contributed by atoms with Gasteiger partial charge in [0, 0.05) is 25.4 Å². The number of rotatable bonds is 4. The van der Waals surface area contributed by atoms with E-state index < -0.39 is 11.7 Å². The Morgan fingerprint density at radius 1 is 1.32 bits per heavy atom. The van der Waals surface area contributed by atoms with Gasteiger partial charge in [-0.15, -0.1) is 0 Å². The fourth-order valence-corrected chi connectivity index (χ4v) is 2.70. The Labute approximate surface area is 148 Å². The summed E-state index contributed by atoms with van der Waals surface area (Å²) in [5.41, 5.74) is -0.0383. The molecular formula is C18H27N3O4. The second-order valence-electron chi connectivity index (χ2n) is 7.26. The van der Waals surface area contributed by atoms with Crippen LogP contribution in [0.2, 0.25) is 0 Å². The second kappa shape index (κ2) is 7.72. The van der Waals surface area contributed by atoms with E-state index >= 15 is 0 Å². The van der Waals surface area contributed by atoms with Crippen molar-refractivity contribution in [3.05, 3.63) is 23.9 Å². The lowest BCUT2D eigenvalue weighted by Crippen LogP contribution is -2.43. The lowest BCUT2D eigenvalue weighted by atomic mass is 10.1. The molecule has 0 aromatic carbocycles. The van der Waals surface area contributed by atoms with Gasteiger partial charge in [-0.25, -0.2) is 9.78 Å². The van der Waals surface area contributed by atoms with Crippen molar-refractivity contribution >= 4 is 12.0 Å². The Balaban J connectivity index is 1.95. The first-order valence-electron chi connectivity index (χ1n) is 8.57. The van der Waals surface area contributed by atoms with E-state index in [-0.39, 0.29) is 17.9 Å². The van der Waals surface area contributed by atoms with E-state index in [1.165, 1.54) is 6.20 Å². The van der Waals surface area contributed by atoms with Gasteiger partial charge in [-0.05, 0) is 39.7 Å². The van der Waals surface area contributed by atoms with Crippen LogP contribution in [-0.4, -0.2) is 53.2 Å². The van der Waals surface area contributed by atoms with Gasteiger partial charge in [0.2, 0.25) is 5.88 Å². The first kappa shape index (κ1) is 19.0. The molecule has 2 amide bonds. The van der Waals surface area contributed by atoms with Crippen molar-refractivity contribution in [1.82, 2.24) is 15.2 Å². The normalized spacial score (nSPS) is 20.3. The maximum atomic E-state index is 12.6. The minimum absolute atomic E-state index is 0.101. The summed E-state index contributed by atoms with van der Waals surface area (Å²) in [5.74, 6) is 0.543. The van der Waals surface area contributed by atoms with Crippen LogP contribution in [0.5, 0.6) is 5.88 Å². The minimum Gasteiger partial charge on any atom is -0.478 e. The number of carbonyl (C=O) groups is 2. The number of aromatic nitrogens is 1. The zero-order valence-corrected chi connectivity index (χ0v) is 15.5. The fraction of sp³-hybridized carbons (Fsp3) is 0.611. The summed E-state index contributed by atoms with van der Waals surface area (Å²) >= 11 is 0. The van der Waals surface area contributed by atoms with Crippen LogP contribution in [0.4, 0.5) is 4.79 Å². The van der Waals surface area contributed by atoms with Gasteiger partial charge in [-0.1, -0.05) is 6.92 Å². The van der Waals surface area contributed by atoms with E-state index in [1.807, 2.05) is 34.6 Å². The highest BCUT2D eigenvalue weighted by molar-refractivity contribution is 5.94. The van der Waals surface area contributed by atoms with Gasteiger partial charge in [0.1, 0.15) is 5.60 Å². The van der Waals surface area contributed by atoms with Crippen molar-refractivity contribution < 1.29 is 19.1 Å². The highest BCUT2D eigenvalue weighted by Gasteiger charge is 2.34. The molecular weight excluding hydrogens is 322 g/mol. The second-order valence-corrected chi connectivity index (χ2v) is 7.26. The third-order valence-corrected chi connectivity index (χ3v) is 3.88. The molecule has 2 unspecified atom stereocenters. The van der Waals surface area contributed by atoms with E-state index in [9.17, 15) is 9.59 Å². The van der Waals surface area contributed by atoms with Gasteiger partial charge in [0.15, 0.2) is 0 Å². The summed E-state index contributed by atoms with van der Waals surface area (Å²) in [4.78, 5) is 30.4. The van der Waals surface area contributed by atoms with Gasteiger partial charge in [0.05, 0.1) is 18.2 Å². The van der Waals surface area contributed by atoms with Gasteiger partial charge < -0.3 is 19.7 Å². The quantitative estimate of drug-likeness (QED) is 0.903. The molecule has 1 aromatic heterocycles. The molecule has 1 aromatic rings. The standard InChI is InChI=1S/C18H27N3O4/c1-6-24-15-8-7-13(9-19-15)16(22)21-10-12(2)14(11-21)20-17(23)25-18(3,4)5/h7-9,12,14H,6,10-11H2,1-5H3,(H,20,23). The number of likely N-dealkylation sites (tertiary alicyclic amines) is 1. The number of hydrogen-bond donors (Lipinski definition) is 1. The van der Waals surface area contributed by atoms with Crippen molar-refractivity contribution in [2.75, 3.05) is 19.7 Å². The van der Waals surface area contributed by atoms with Crippen LogP contribution in [0.1, 0.15) is 45.0 Å². The Hall–Kier alpha value is -2.31. The van der Waals surface area contributed by atoms with E-state index in [2.05, 4.69) is 10.3 Å². The van der Waals surface area contributed by atoms with Gasteiger partial charge in [-0.3, -0.25) is 4.79 Å². The van der Waals surface area contributed by atoms with Gasteiger partial charge in [-0.2, -0.15) is 0 Å². The Morgan fingerprint density at radius 3 is 2.60 bits per heavy atom. The number of nitrogens with zero attached hydrogens (tertiary/aromatic N) is 2. The SMILES string of the molecule is CCOc1ccc(C(=O)N2CC(C)C(NC(=O)OC(C)(C)C)C2)cn1. The number of ether oxygens (including phenoxy) is 2. The largest absolute Gasteiger partial charge is 0.478 e. The molecule has 1 aliphatic heterocycles. The maximum Gasteiger partial charge on any atom is 0.407 e. The molecule has 1 saturated heterocycles. The zero-order valence-electron chi connectivity index (χ0n) is 15.5. The van der Waals surface area contributed by atoms with Crippen molar-refractivity contribution in [3.8, 4) is 5.88 Å². The molecule has 2 atom stereocenters. The molecule has 7 heteroatoms. The smallest absolute Gasteiger partial charge is 0.407 e. The molecule has 1 aliphatic rings. The molecule has 2 rings (SSSR count). The number of amides is 2. The summed E-state index contributed by atoms with van der Waals surface area (Å²) in [6, 6.07) is 3.26. The van der Waals surface area contributed by atoms with Crippen LogP contribution >= 0.6 is 0 Å². The predicted molar refractivity (Wildman–Crippen MR) is 93.6 cm³/mol. The molecule has 7 nitrogen and oxygen atoms in total. The van der Waals surface area contributed by atoms with Crippen LogP contribution < -0.4 is 10.1 Å². The number of carbonyl (C=O) groups excluding carboxylic acids is 2. The van der Waals surface area contributed by atoms with Crippen LogP contribution in [-0.2, 0) is 4.74 Å². The third kappa shape index (κ3) is 5.34. The summed E-state index contributed by atoms with van der Waals surface area (Å²) in [6.07, 6.45) is 1.06. The Kier molecular flexibility index (Phi) is 5.87. The highest BCUT2D eigenvalue weighted by Crippen LogP contribution is 2.20. The topological polar surface area (TPSA) is 80.8 Å². The average molecular weight is 349 g/mol. The highest BCUT2D eigenvalue weighted by atomic mass is 16.6. The summed E-state index contributed by atoms with van der Waals surface area (Å²) < 4.78 is 10.6. The summed E-state index contributed by atoms with van der Waals surface area (Å²) in [6.45, 7) is 10.9. The predicted octanol–water partition coefficient (Wildman–Crippen LogP) is 2.47. The first-order chi connectivity index (χ1) is 11.7. The molecule has 25 heavy (non-hydrogen) atoms. The van der Waals surface area contributed by atoms with Gasteiger partial charge in [0.25, 0.3) is 5.91 Å². The molecule has 1 N–H and O–H groups in total. The number of hydrogen-bond acceptors (Lipinski definition) is 5. The van der Waals surface area contributed by atoms with Crippen LogP contribution in [0.25, 0.3) is 0 Å². The van der Waals surface area contributed by atoms with Crippen LogP contribution in [0, 0.1) is 5.92 Å². The van der Waals surface area contributed by atoms with Crippen molar-refractivity contribution in [3.63, 3.8) is 0 Å². The third-order valence-electron chi connectivity index (χ3n) is 3.88. The Morgan fingerprint density at radius 2 is 2.04 bits per heavy atom. The summed E-state index contributed by atoms with van der Waals surface area (Å²) in [7, 11) is 0. The maximum absolute atomic E-state index is 12.6. The molecule has 0 saturated carbocycles. The molecule has 0 bridgehead atoms. The lowest BCUT2D eigenvalue weighted by molar-refractivity contribution is 0.0494. The number of pyridine rings is 1. The van der Waals surface area contributed by atoms with Crippen molar-refractivity contribution in [2.24, 2.45) is 5.92 Å². The number of nitrogens with one attached hydrogen (secondary N) is 1. The molecule has 0 aliphatic carbocycles. The van der Waals surface area contributed by atoms with Crippen molar-refractivity contribution in [1.29, 1.82) is 0 Å². The molecule has 2 heterocycles. The summed E-state index contributed by atoms with van der Waals surface area (Å²) in [5, 5.41) is 2.86. The van der Waals surface area contributed by atoms with E-state index in [1.54, 1.807) is 17.0 Å². The van der Waals surface area contributed by atoms with E-state index in [0.717, 1.165) is 0 Å². The molecule has 1 fully saturated rings. The van der Waals surface area contributed by atoms with E-state index in [4.69, 9.17) is 9.47 Å². The van der Waals surface area contributed by atoms with E-state index in [0.29, 0.717) is 31.1 Å². The molecule has 0 radical (unpaired) electrons. The lowest BCUT2D eigenvalue weighted by Gasteiger charge is -2.23. The monoisotopic (exact) mass is 349 g/mol. The molecule has 0 spiro atoms. The Bertz CT molecular complexity index is 610. The van der Waals surface area contributed by atoms with Gasteiger partial charge >= 0.3 is 6.09 Å².